The summed E-state index contributed by atoms with van der Waals surface area (Å²) in [6.45, 7) is 9.69. The third kappa shape index (κ3) is 3.77. The summed E-state index contributed by atoms with van der Waals surface area (Å²) in [7, 11) is 0. The highest BCUT2D eigenvalue weighted by atomic mass is 19.1. The van der Waals surface area contributed by atoms with Crippen LogP contribution in [0.2, 0.25) is 0 Å². The van der Waals surface area contributed by atoms with E-state index in [1.807, 2.05) is 6.07 Å². The molecule has 2 rings (SSSR count). The Balaban J connectivity index is 2.28. The summed E-state index contributed by atoms with van der Waals surface area (Å²) in [5, 5.41) is 0.587. The molecule has 0 saturated heterocycles. The Morgan fingerprint density at radius 1 is 1.29 bits per heavy atom. The highest BCUT2D eigenvalue weighted by Gasteiger charge is 2.20. The van der Waals surface area contributed by atoms with E-state index in [-0.39, 0.29) is 11.2 Å². The lowest BCUT2D eigenvalue weighted by atomic mass is 9.93. The third-order valence-corrected chi connectivity index (χ3v) is 3.85. The minimum absolute atomic E-state index is 0.0687. The van der Waals surface area contributed by atoms with E-state index in [0.717, 1.165) is 30.7 Å². The number of hydrogen-bond donors (Lipinski definition) is 1. The summed E-state index contributed by atoms with van der Waals surface area (Å²) in [5.74, 6) is -0.216. The lowest BCUT2D eigenvalue weighted by molar-refractivity contribution is 0.184. The second-order valence-corrected chi connectivity index (χ2v) is 6.28. The number of fused-ring (bicyclic) bond motifs is 1. The maximum absolute atomic E-state index is 13.8. The molecule has 0 atom stereocenters. The number of aromatic nitrogens is 1. The molecule has 114 valence electrons. The van der Waals surface area contributed by atoms with Crippen LogP contribution in [-0.2, 0) is 6.54 Å². The summed E-state index contributed by atoms with van der Waals surface area (Å²) >= 11 is 0. The Hall–Kier alpha value is -1.52. The quantitative estimate of drug-likeness (QED) is 0.888. The average molecular weight is 289 g/mol. The van der Waals surface area contributed by atoms with Gasteiger partial charge in [-0.25, -0.2) is 4.39 Å². The van der Waals surface area contributed by atoms with Gasteiger partial charge in [0.05, 0.1) is 5.52 Å². The second kappa shape index (κ2) is 6.50. The van der Waals surface area contributed by atoms with Gasteiger partial charge >= 0.3 is 0 Å². The number of benzene rings is 1. The zero-order chi connectivity index (χ0) is 15.5. The van der Waals surface area contributed by atoms with Crippen LogP contribution < -0.4 is 5.73 Å². The number of nitrogens with two attached hydrogens (primary N) is 1. The van der Waals surface area contributed by atoms with Crippen molar-refractivity contribution in [1.82, 2.24) is 9.88 Å². The van der Waals surface area contributed by atoms with Crippen molar-refractivity contribution in [2.75, 3.05) is 19.6 Å². The fourth-order valence-corrected chi connectivity index (χ4v) is 2.51. The molecule has 1 aromatic carbocycles. The lowest BCUT2D eigenvalue weighted by Crippen LogP contribution is -2.38. The molecule has 0 aliphatic heterocycles. The molecule has 21 heavy (non-hydrogen) atoms. The molecule has 1 aromatic heterocycles. The van der Waals surface area contributed by atoms with E-state index in [4.69, 9.17) is 5.73 Å². The predicted octanol–water partition coefficient (Wildman–Crippen LogP) is 3.18. The van der Waals surface area contributed by atoms with E-state index in [9.17, 15) is 4.39 Å². The van der Waals surface area contributed by atoms with Gasteiger partial charge in [-0.2, -0.15) is 0 Å². The van der Waals surface area contributed by atoms with Crippen molar-refractivity contribution < 1.29 is 4.39 Å². The molecular formula is C17H24FN3. The molecule has 2 aromatic rings. The Kier molecular flexibility index (Phi) is 4.91. The van der Waals surface area contributed by atoms with Crippen LogP contribution in [0, 0.1) is 11.2 Å². The SMILES string of the molecule is CCN(Cc1ccc(F)c2cccnc12)CC(C)(C)CN. The van der Waals surface area contributed by atoms with Crippen LogP contribution in [0.25, 0.3) is 10.9 Å². The Bertz CT molecular complexity index is 610. The summed E-state index contributed by atoms with van der Waals surface area (Å²) in [6, 6.07) is 6.91. The van der Waals surface area contributed by atoms with Crippen LogP contribution >= 0.6 is 0 Å². The molecule has 2 N–H and O–H groups in total. The largest absolute Gasteiger partial charge is 0.330 e. The maximum Gasteiger partial charge on any atom is 0.132 e. The van der Waals surface area contributed by atoms with E-state index in [1.54, 1.807) is 18.3 Å². The van der Waals surface area contributed by atoms with Gasteiger partial charge in [0, 0.05) is 24.7 Å². The van der Waals surface area contributed by atoms with Gasteiger partial charge in [0.15, 0.2) is 0 Å². The van der Waals surface area contributed by atoms with Crippen molar-refractivity contribution in [2.24, 2.45) is 11.1 Å². The van der Waals surface area contributed by atoms with Crippen molar-refractivity contribution in [3.05, 3.63) is 41.8 Å². The molecule has 0 saturated carbocycles. The minimum atomic E-state index is -0.216. The number of rotatable bonds is 6. The summed E-state index contributed by atoms with van der Waals surface area (Å²) in [4.78, 5) is 6.68. The number of pyridine rings is 1. The average Bonchev–Trinajstić information content (AvgIpc) is 2.49. The first-order chi connectivity index (χ1) is 9.96. The Morgan fingerprint density at radius 2 is 2.05 bits per heavy atom. The topological polar surface area (TPSA) is 42.2 Å². The first-order valence-corrected chi connectivity index (χ1v) is 7.41. The van der Waals surface area contributed by atoms with E-state index >= 15 is 0 Å². The van der Waals surface area contributed by atoms with Crippen molar-refractivity contribution >= 4 is 10.9 Å². The highest BCUT2D eigenvalue weighted by Crippen LogP contribution is 2.22. The van der Waals surface area contributed by atoms with Gasteiger partial charge in [-0.1, -0.05) is 26.8 Å². The van der Waals surface area contributed by atoms with Crippen molar-refractivity contribution in [1.29, 1.82) is 0 Å². The molecule has 0 fully saturated rings. The molecule has 0 radical (unpaired) electrons. The van der Waals surface area contributed by atoms with E-state index < -0.39 is 0 Å². The zero-order valence-corrected chi connectivity index (χ0v) is 13.1. The van der Waals surface area contributed by atoms with E-state index in [2.05, 4.69) is 30.7 Å². The van der Waals surface area contributed by atoms with Gasteiger partial charge in [0.1, 0.15) is 5.82 Å². The fraction of sp³-hybridized carbons (Fsp3) is 0.471. The van der Waals surface area contributed by atoms with Crippen molar-refractivity contribution in [3.63, 3.8) is 0 Å². The summed E-state index contributed by atoms with van der Waals surface area (Å²) in [6.07, 6.45) is 1.71. The number of halogens is 1. The number of nitrogens with zero attached hydrogens (tertiary/aromatic N) is 2. The molecular weight excluding hydrogens is 265 g/mol. The lowest BCUT2D eigenvalue weighted by Gasteiger charge is -2.31. The molecule has 0 amide bonds. The highest BCUT2D eigenvalue weighted by molar-refractivity contribution is 5.82. The van der Waals surface area contributed by atoms with E-state index in [1.165, 1.54) is 6.07 Å². The Labute approximate surface area is 126 Å². The van der Waals surface area contributed by atoms with Gasteiger partial charge in [0.25, 0.3) is 0 Å². The third-order valence-electron chi connectivity index (χ3n) is 3.85. The second-order valence-electron chi connectivity index (χ2n) is 6.28. The van der Waals surface area contributed by atoms with Gasteiger partial charge < -0.3 is 5.73 Å². The molecule has 0 aliphatic carbocycles. The molecule has 0 aliphatic rings. The smallest absolute Gasteiger partial charge is 0.132 e. The fourth-order valence-electron chi connectivity index (χ4n) is 2.51. The van der Waals surface area contributed by atoms with Gasteiger partial charge in [-0.15, -0.1) is 0 Å². The summed E-state index contributed by atoms with van der Waals surface area (Å²) < 4.78 is 13.8. The molecule has 0 spiro atoms. The molecule has 4 heteroatoms. The summed E-state index contributed by atoms with van der Waals surface area (Å²) in [5.41, 5.74) is 7.70. The van der Waals surface area contributed by atoms with Crippen LogP contribution in [0.3, 0.4) is 0 Å². The Morgan fingerprint density at radius 3 is 2.71 bits per heavy atom. The van der Waals surface area contributed by atoms with Crippen molar-refractivity contribution in [3.8, 4) is 0 Å². The van der Waals surface area contributed by atoms with Crippen molar-refractivity contribution in [2.45, 2.75) is 27.3 Å². The first-order valence-electron chi connectivity index (χ1n) is 7.41. The standard InChI is InChI=1S/C17H24FN3/c1-4-21(12-17(2,3)11-19)10-13-7-8-15(18)14-6-5-9-20-16(13)14/h5-9H,4,10-12,19H2,1-3H3. The van der Waals surface area contributed by atoms with Crippen LogP contribution in [-0.4, -0.2) is 29.5 Å². The van der Waals surface area contributed by atoms with Gasteiger partial charge in [0.2, 0.25) is 0 Å². The minimum Gasteiger partial charge on any atom is -0.330 e. The number of hydrogen-bond acceptors (Lipinski definition) is 3. The molecule has 1 heterocycles. The zero-order valence-electron chi connectivity index (χ0n) is 13.1. The van der Waals surface area contributed by atoms with Crippen LogP contribution in [0.15, 0.2) is 30.5 Å². The van der Waals surface area contributed by atoms with Crippen LogP contribution in [0.5, 0.6) is 0 Å². The van der Waals surface area contributed by atoms with Gasteiger partial charge in [-0.3, -0.25) is 9.88 Å². The predicted molar refractivity (Wildman–Crippen MR) is 85.5 cm³/mol. The monoisotopic (exact) mass is 289 g/mol. The maximum atomic E-state index is 13.8. The first kappa shape index (κ1) is 15.9. The molecule has 0 unspecified atom stereocenters. The van der Waals surface area contributed by atoms with Crippen LogP contribution in [0.1, 0.15) is 26.3 Å². The molecule has 0 bridgehead atoms. The van der Waals surface area contributed by atoms with Crippen LogP contribution in [0.4, 0.5) is 4.39 Å². The van der Waals surface area contributed by atoms with E-state index in [0.29, 0.717) is 11.9 Å². The molecule has 3 nitrogen and oxygen atoms in total. The normalized spacial score (nSPS) is 12.3. The van der Waals surface area contributed by atoms with Gasteiger partial charge in [-0.05, 0) is 42.3 Å².